The number of carbonyl (C=O) groups excluding carboxylic acids is 2. The first-order chi connectivity index (χ1) is 13.1. The summed E-state index contributed by atoms with van der Waals surface area (Å²) in [7, 11) is 0. The summed E-state index contributed by atoms with van der Waals surface area (Å²) in [5.74, 6) is 0.368. The van der Waals surface area contributed by atoms with Crippen molar-refractivity contribution in [1.29, 1.82) is 0 Å². The van der Waals surface area contributed by atoms with E-state index in [-0.39, 0.29) is 24.4 Å². The van der Waals surface area contributed by atoms with Crippen molar-refractivity contribution >= 4 is 11.8 Å². The summed E-state index contributed by atoms with van der Waals surface area (Å²) in [6.45, 7) is 6.71. The predicted octanol–water partition coefficient (Wildman–Crippen LogP) is 3.27. The van der Waals surface area contributed by atoms with Crippen LogP contribution in [0.4, 0.5) is 0 Å². The number of benzene rings is 1. The lowest BCUT2D eigenvalue weighted by atomic mass is 9.87. The zero-order chi connectivity index (χ0) is 19.5. The summed E-state index contributed by atoms with van der Waals surface area (Å²) < 4.78 is 0. The highest BCUT2D eigenvalue weighted by Gasteiger charge is 2.20. The Bertz CT molecular complexity index is 566. The number of likely N-dealkylation sites (N-methyl/N-ethyl adjacent to an activating group) is 1. The van der Waals surface area contributed by atoms with Gasteiger partial charge in [0.2, 0.25) is 11.8 Å². The third-order valence-electron chi connectivity index (χ3n) is 5.57. The zero-order valence-electron chi connectivity index (χ0n) is 16.9. The van der Waals surface area contributed by atoms with E-state index in [0.717, 1.165) is 25.9 Å². The molecule has 0 aliphatic heterocycles. The molecule has 5 nitrogen and oxygen atoms in total. The molecule has 1 unspecified atom stereocenters. The molecule has 1 aliphatic carbocycles. The Balaban J connectivity index is 1.78. The first-order valence-electron chi connectivity index (χ1n) is 10.5. The minimum atomic E-state index is -0.125. The Hall–Kier alpha value is -1.88. The van der Waals surface area contributed by atoms with E-state index in [1.807, 2.05) is 18.2 Å². The summed E-state index contributed by atoms with van der Waals surface area (Å²) in [4.78, 5) is 26.6. The van der Waals surface area contributed by atoms with Gasteiger partial charge >= 0.3 is 0 Å². The second-order valence-corrected chi connectivity index (χ2v) is 7.44. The molecule has 1 atom stereocenters. The Labute approximate surface area is 163 Å². The Morgan fingerprint density at radius 3 is 2.30 bits per heavy atom. The van der Waals surface area contributed by atoms with Gasteiger partial charge in [0, 0.05) is 13.0 Å². The van der Waals surface area contributed by atoms with E-state index in [9.17, 15) is 9.59 Å². The topological polar surface area (TPSA) is 61.4 Å². The third-order valence-corrected chi connectivity index (χ3v) is 5.57. The van der Waals surface area contributed by atoms with Gasteiger partial charge in [0.1, 0.15) is 0 Å². The van der Waals surface area contributed by atoms with Gasteiger partial charge in [-0.25, -0.2) is 0 Å². The van der Waals surface area contributed by atoms with E-state index in [1.165, 1.54) is 24.8 Å². The van der Waals surface area contributed by atoms with Gasteiger partial charge < -0.3 is 10.6 Å². The van der Waals surface area contributed by atoms with Crippen LogP contribution in [0.3, 0.4) is 0 Å². The normalized spacial score (nSPS) is 16.1. The predicted molar refractivity (Wildman–Crippen MR) is 109 cm³/mol. The van der Waals surface area contributed by atoms with Crippen molar-refractivity contribution in [3.8, 4) is 0 Å². The molecule has 0 aromatic heterocycles. The van der Waals surface area contributed by atoms with Gasteiger partial charge in [0.05, 0.1) is 12.6 Å². The number of nitrogens with one attached hydrogen (secondary N) is 2. The van der Waals surface area contributed by atoms with Gasteiger partial charge in [0.25, 0.3) is 0 Å². The minimum Gasteiger partial charge on any atom is -0.353 e. The quantitative estimate of drug-likeness (QED) is 0.662. The molecule has 0 saturated heterocycles. The number of amides is 2. The van der Waals surface area contributed by atoms with E-state index in [0.29, 0.717) is 18.9 Å². The Morgan fingerprint density at radius 1 is 1.00 bits per heavy atom. The maximum absolute atomic E-state index is 12.2. The molecule has 2 rings (SSSR count). The smallest absolute Gasteiger partial charge is 0.239 e. The van der Waals surface area contributed by atoms with Crippen LogP contribution in [-0.2, 0) is 9.59 Å². The van der Waals surface area contributed by atoms with Crippen LogP contribution in [0.1, 0.15) is 64.0 Å². The first-order valence-corrected chi connectivity index (χ1v) is 10.5. The lowest BCUT2D eigenvalue weighted by Gasteiger charge is -2.30. The van der Waals surface area contributed by atoms with Crippen LogP contribution in [0.25, 0.3) is 0 Å². The fourth-order valence-electron chi connectivity index (χ4n) is 3.97. The second-order valence-electron chi connectivity index (χ2n) is 7.44. The molecule has 27 heavy (non-hydrogen) atoms. The fourth-order valence-corrected chi connectivity index (χ4v) is 3.97. The molecular weight excluding hydrogens is 338 g/mol. The summed E-state index contributed by atoms with van der Waals surface area (Å²) in [6, 6.07) is 10.4. The second kappa shape index (κ2) is 11.8. The molecule has 2 N–H and O–H groups in total. The number of hydrogen-bond acceptors (Lipinski definition) is 3. The van der Waals surface area contributed by atoms with Crippen molar-refractivity contribution in [1.82, 2.24) is 15.5 Å². The van der Waals surface area contributed by atoms with E-state index in [1.54, 1.807) is 0 Å². The average molecular weight is 374 g/mol. The first kappa shape index (κ1) is 21.4. The monoisotopic (exact) mass is 373 g/mol. The maximum atomic E-state index is 12.2. The molecule has 1 fully saturated rings. The number of carbonyl (C=O) groups is 2. The molecule has 5 heteroatoms. The van der Waals surface area contributed by atoms with Crippen molar-refractivity contribution in [2.75, 3.05) is 26.2 Å². The molecule has 150 valence electrons. The van der Waals surface area contributed by atoms with Crippen LogP contribution >= 0.6 is 0 Å². The SMILES string of the molecule is CCN(CC)C(CNC(=O)CNC(=O)CC1CCCCC1)c1ccccc1. The number of hydrogen-bond donors (Lipinski definition) is 2. The maximum Gasteiger partial charge on any atom is 0.239 e. The van der Waals surface area contributed by atoms with Crippen molar-refractivity contribution in [2.24, 2.45) is 5.92 Å². The van der Waals surface area contributed by atoms with E-state index in [4.69, 9.17) is 0 Å². The van der Waals surface area contributed by atoms with Crippen molar-refractivity contribution in [3.63, 3.8) is 0 Å². The summed E-state index contributed by atoms with van der Waals surface area (Å²) in [5, 5.41) is 5.78. The van der Waals surface area contributed by atoms with Crippen LogP contribution < -0.4 is 10.6 Å². The van der Waals surface area contributed by atoms with Crippen LogP contribution in [-0.4, -0.2) is 42.9 Å². The molecule has 1 aliphatic rings. The van der Waals surface area contributed by atoms with Gasteiger partial charge in [0.15, 0.2) is 0 Å². The van der Waals surface area contributed by atoms with Gasteiger partial charge in [-0.15, -0.1) is 0 Å². The molecule has 1 aromatic rings. The molecular formula is C22H35N3O2. The molecule has 1 aromatic carbocycles. The van der Waals surface area contributed by atoms with Crippen LogP contribution in [0.2, 0.25) is 0 Å². The van der Waals surface area contributed by atoms with Crippen molar-refractivity contribution in [3.05, 3.63) is 35.9 Å². The molecule has 0 bridgehead atoms. The van der Waals surface area contributed by atoms with Crippen LogP contribution in [0.5, 0.6) is 0 Å². The Kier molecular flexibility index (Phi) is 9.32. The Morgan fingerprint density at radius 2 is 1.67 bits per heavy atom. The fraction of sp³-hybridized carbons (Fsp3) is 0.636. The molecule has 0 heterocycles. The zero-order valence-corrected chi connectivity index (χ0v) is 16.9. The summed E-state index contributed by atoms with van der Waals surface area (Å²) in [6.07, 6.45) is 6.58. The minimum absolute atomic E-state index is 0.000372. The summed E-state index contributed by atoms with van der Waals surface area (Å²) in [5.41, 5.74) is 1.20. The van der Waals surface area contributed by atoms with E-state index < -0.39 is 0 Å². The van der Waals surface area contributed by atoms with Gasteiger partial charge in [-0.2, -0.15) is 0 Å². The highest BCUT2D eigenvalue weighted by Crippen LogP contribution is 2.26. The van der Waals surface area contributed by atoms with Crippen LogP contribution in [0, 0.1) is 5.92 Å². The molecule has 0 spiro atoms. The lowest BCUT2D eigenvalue weighted by molar-refractivity contribution is -0.126. The van der Waals surface area contributed by atoms with E-state index >= 15 is 0 Å². The third kappa shape index (κ3) is 7.33. The van der Waals surface area contributed by atoms with Crippen molar-refractivity contribution < 1.29 is 9.59 Å². The largest absolute Gasteiger partial charge is 0.353 e. The highest BCUT2D eigenvalue weighted by molar-refractivity contribution is 5.84. The molecule has 2 amide bonds. The molecule has 0 radical (unpaired) electrons. The number of nitrogens with zero attached hydrogens (tertiary/aromatic N) is 1. The van der Waals surface area contributed by atoms with Gasteiger partial charge in [-0.05, 0) is 37.4 Å². The lowest BCUT2D eigenvalue weighted by Crippen LogP contribution is -2.42. The highest BCUT2D eigenvalue weighted by atomic mass is 16.2. The van der Waals surface area contributed by atoms with Gasteiger partial charge in [-0.1, -0.05) is 63.4 Å². The van der Waals surface area contributed by atoms with Gasteiger partial charge in [-0.3, -0.25) is 14.5 Å². The van der Waals surface area contributed by atoms with Crippen molar-refractivity contribution in [2.45, 2.75) is 58.4 Å². The van der Waals surface area contributed by atoms with Crippen LogP contribution in [0.15, 0.2) is 30.3 Å². The standard InChI is InChI=1S/C22H35N3O2/c1-3-25(4-2)20(19-13-9-6-10-14-19)16-23-22(27)17-24-21(26)15-18-11-7-5-8-12-18/h6,9-10,13-14,18,20H,3-5,7-8,11-12,15-17H2,1-2H3,(H,23,27)(H,24,26). The average Bonchev–Trinajstić information content (AvgIpc) is 2.71. The van der Waals surface area contributed by atoms with E-state index in [2.05, 4.69) is 41.5 Å². The summed E-state index contributed by atoms with van der Waals surface area (Å²) >= 11 is 0. The number of rotatable bonds is 10. The molecule has 1 saturated carbocycles.